The Kier molecular flexibility index (Phi) is 9.19. The standard InChI is InChI=1S/C32H31N3O4/c1-34(23-25-10-3-2-4-11-25)31(38)28-15-7-5-13-26(28)27-14-6-8-16-29(27)32(39)35(21-18-30(36)37)20-17-24-12-9-19-33-22-24/h2-16,19,22H,17-18,20-21,23H2,1H3,(H,36,37). The van der Waals surface area contributed by atoms with Crippen LogP contribution in [0.4, 0.5) is 0 Å². The number of benzene rings is 3. The predicted octanol–water partition coefficient (Wildman–Crippen LogP) is 5.18. The molecular formula is C32H31N3O4. The van der Waals surface area contributed by atoms with Crippen LogP contribution in [0.3, 0.4) is 0 Å². The van der Waals surface area contributed by atoms with Crippen LogP contribution in [0.2, 0.25) is 0 Å². The van der Waals surface area contributed by atoms with Gasteiger partial charge in [-0.25, -0.2) is 0 Å². The van der Waals surface area contributed by atoms with E-state index in [-0.39, 0.29) is 24.8 Å². The number of hydrogen-bond donors (Lipinski definition) is 1. The zero-order valence-corrected chi connectivity index (χ0v) is 21.9. The Morgan fingerprint density at radius 3 is 1.92 bits per heavy atom. The highest BCUT2D eigenvalue weighted by molar-refractivity contribution is 6.06. The van der Waals surface area contributed by atoms with E-state index in [9.17, 15) is 19.5 Å². The lowest BCUT2D eigenvalue weighted by atomic mass is 9.94. The smallest absolute Gasteiger partial charge is 0.305 e. The number of carboxylic acids is 1. The van der Waals surface area contributed by atoms with E-state index >= 15 is 0 Å². The van der Waals surface area contributed by atoms with E-state index in [0.29, 0.717) is 41.8 Å². The van der Waals surface area contributed by atoms with Gasteiger partial charge < -0.3 is 14.9 Å². The maximum atomic E-state index is 13.9. The molecule has 1 heterocycles. The summed E-state index contributed by atoms with van der Waals surface area (Å²) in [5.41, 5.74) is 4.15. The van der Waals surface area contributed by atoms with Gasteiger partial charge in [0.1, 0.15) is 0 Å². The van der Waals surface area contributed by atoms with Crippen LogP contribution >= 0.6 is 0 Å². The van der Waals surface area contributed by atoms with Crippen molar-refractivity contribution in [3.8, 4) is 11.1 Å². The van der Waals surface area contributed by atoms with E-state index in [1.54, 1.807) is 47.4 Å². The van der Waals surface area contributed by atoms with Gasteiger partial charge in [0.15, 0.2) is 0 Å². The Bertz CT molecular complexity index is 1420. The molecule has 0 saturated heterocycles. The first-order valence-electron chi connectivity index (χ1n) is 12.8. The first kappa shape index (κ1) is 27.3. The Balaban J connectivity index is 1.64. The van der Waals surface area contributed by atoms with Gasteiger partial charge in [0.05, 0.1) is 6.42 Å². The highest BCUT2D eigenvalue weighted by Gasteiger charge is 2.23. The van der Waals surface area contributed by atoms with E-state index in [0.717, 1.165) is 11.1 Å². The molecule has 0 aliphatic rings. The molecule has 0 radical (unpaired) electrons. The second-order valence-corrected chi connectivity index (χ2v) is 9.29. The fourth-order valence-electron chi connectivity index (χ4n) is 4.47. The normalized spacial score (nSPS) is 10.6. The van der Waals surface area contributed by atoms with Crippen LogP contribution in [0.15, 0.2) is 103 Å². The third-order valence-corrected chi connectivity index (χ3v) is 6.49. The van der Waals surface area contributed by atoms with Crippen LogP contribution in [0.25, 0.3) is 11.1 Å². The number of carbonyl (C=O) groups is 3. The van der Waals surface area contributed by atoms with Gasteiger partial charge in [-0.1, -0.05) is 72.8 Å². The number of aliphatic carboxylic acids is 1. The van der Waals surface area contributed by atoms with Crippen LogP contribution in [0.1, 0.15) is 38.3 Å². The van der Waals surface area contributed by atoms with Crippen LogP contribution in [-0.4, -0.2) is 57.8 Å². The number of amides is 2. The van der Waals surface area contributed by atoms with E-state index in [2.05, 4.69) is 4.98 Å². The van der Waals surface area contributed by atoms with Gasteiger partial charge in [-0.3, -0.25) is 19.4 Å². The molecule has 2 amide bonds. The van der Waals surface area contributed by atoms with Crippen LogP contribution in [0.5, 0.6) is 0 Å². The molecule has 3 aromatic carbocycles. The Morgan fingerprint density at radius 1 is 0.718 bits per heavy atom. The number of hydrogen-bond acceptors (Lipinski definition) is 4. The second kappa shape index (κ2) is 13.1. The molecule has 198 valence electrons. The first-order valence-corrected chi connectivity index (χ1v) is 12.8. The third-order valence-electron chi connectivity index (χ3n) is 6.49. The zero-order valence-electron chi connectivity index (χ0n) is 21.9. The number of rotatable bonds is 11. The average Bonchev–Trinajstić information content (AvgIpc) is 2.97. The van der Waals surface area contributed by atoms with Crippen LogP contribution in [-0.2, 0) is 17.8 Å². The molecule has 0 fully saturated rings. The SMILES string of the molecule is CN(Cc1ccccc1)C(=O)c1ccccc1-c1ccccc1C(=O)N(CCC(=O)O)CCc1cccnc1. The first-order chi connectivity index (χ1) is 18.9. The molecule has 0 atom stereocenters. The van der Waals surface area contributed by atoms with Gasteiger partial charge in [-0.15, -0.1) is 0 Å². The summed E-state index contributed by atoms with van der Waals surface area (Å²) in [4.78, 5) is 46.1. The number of carboxylic acid groups (broad SMARTS) is 1. The summed E-state index contributed by atoms with van der Waals surface area (Å²) in [6, 6.07) is 27.9. The maximum Gasteiger partial charge on any atom is 0.305 e. The van der Waals surface area contributed by atoms with E-state index in [1.807, 2.05) is 72.8 Å². The number of pyridine rings is 1. The lowest BCUT2D eigenvalue weighted by Gasteiger charge is -2.24. The molecule has 4 aromatic rings. The van der Waals surface area contributed by atoms with Crippen molar-refractivity contribution in [2.45, 2.75) is 19.4 Å². The van der Waals surface area contributed by atoms with E-state index in [1.165, 1.54) is 0 Å². The minimum absolute atomic E-state index is 0.0726. The summed E-state index contributed by atoms with van der Waals surface area (Å²) in [6.45, 7) is 0.863. The average molecular weight is 522 g/mol. The molecule has 4 rings (SSSR count). The largest absolute Gasteiger partial charge is 0.481 e. The molecule has 39 heavy (non-hydrogen) atoms. The summed E-state index contributed by atoms with van der Waals surface area (Å²) in [5, 5.41) is 9.30. The van der Waals surface area contributed by atoms with Gasteiger partial charge in [0.2, 0.25) is 0 Å². The summed E-state index contributed by atoms with van der Waals surface area (Å²) in [6.07, 6.45) is 3.80. The molecule has 7 heteroatoms. The van der Waals surface area contributed by atoms with Crippen molar-refractivity contribution in [3.05, 3.63) is 126 Å². The molecule has 0 saturated carbocycles. The number of nitrogens with zero attached hydrogens (tertiary/aromatic N) is 3. The second-order valence-electron chi connectivity index (χ2n) is 9.29. The van der Waals surface area contributed by atoms with Gasteiger partial charge in [-0.05, 0) is 46.9 Å². The molecule has 1 aromatic heterocycles. The minimum atomic E-state index is -0.972. The lowest BCUT2D eigenvalue weighted by Crippen LogP contribution is -2.35. The summed E-state index contributed by atoms with van der Waals surface area (Å²) in [7, 11) is 1.76. The molecule has 0 unspecified atom stereocenters. The van der Waals surface area contributed by atoms with Crippen molar-refractivity contribution in [1.82, 2.24) is 14.8 Å². The van der Waals surface area contributed by atoms with E-state index in [4.69, 9.17) is 0 Å². The Hall–Kier alpha value is -4.78. The van der Waals surface area contributed by atoms with Crippen LogP contribution in [0, 0.1) is 0 Å². The molecule has 0 bridgehead atoms. The number of carbonyl (C=O) groups excluding carboxylic acids is 2. The maximum absolute atomic E-state index is 13.9. The Labute approximate surface area is 228 Å². The molecule has 1 N–H and O–H groups in total. The number of aromatic nitrogens is 1. The van der Waals surface area contributed by atoms with Crippen molar-refractivity contribution < 1.29 is 19.5 Å². The van der Waals surface area contributed by atoms with Gasteiger partial charge in [0.25, 0.3) is 11.8 Å². The Morgan fingerprint density at radius 2 is 1.31 bits per heavy atom. The highest BCUT2D eigenvalue weighted by Crippen LogP contribution is 2.29. The van der Waals surface area contributed by atoms with Crippen molar-refractivity contribution in [2.75, 3.05) is 20.1 Å². The summed E-state index contributed by atoms with van der Waals surface area (Å²) >= 11 is 0. The molecule has 0 aliphatic carbocycles. The van der Waals surface area contributed by atoms with Gasteiger partial charge in [0, 0.05) is 50.2 Å². The van der Waals surface area contributed by atoms with Crippen molar-refractivity contribution in [1.29, 1.82) is 0 Å². The third kappa shape index (κ3) is 7.17. The summed E-state index contributed by atoms with van der Waals surface area (Å²) < 4.78 is 0. The molecule has 0 aliphatic heterocycles. The van der Waals surface area contributed by atoms with Gasteiger partial charge >= 0.3 is 5.97 Å². The summed E-state index contributed by atoms with van der Waals surface area (Å²) in [5.74, 6) is -1.41. The fraction of sp³-hybridized carbons (Fsp3) is 0.188. The highest BCUT2D eigenvalue weighted by atomic mass is 16.4. The molecular weight excluding hydrogens is 490 g/mol. The van der Waals surface area contributed by atoms with Gasteiger partial charge in [-0.2, -0.15) is 0 Å². The fourth-order valence-corrected chi connectivity index (χ4v) is 4.47. The van der Waals surface area contributed by atoms with Crippen molar-refractivity contribution >= 4 is 17.8 Å². The van der Waals surface area contributed by atoms with E-state index < -0.39 is 5.97 Å². The molecule has 7 nitrogen and oxygen atoms in total. The van der Waals surface area contributed by atoms with Crippen LogP contribution < -0.4 is 0 Å². The molecule has 0 spiro atoms. The topological polar surface area (TPSA) is 90.8 Å². The minimum Gasteiger partial charge on any atom is -0.481 e. The quantitative estimate of drug-likeness (QED) is 0.294. The zero-order chi connectivity index (χ0) is 27.6. The monoisotopic (exact) mass is 521 g/mol. The lowest BCUT2D eigenvalue weighted by molar-refractivity contribution is -0.137. The predicted molar refractivity (Wildman–Crippen MR) is 150 cm³/mol. The van der Waals surface area contributed by atoms with Crippen molar-refractivity contribution in [3.63, 3.8) is 0 Å². The van der Waals surface area contributed by atoms with Crippen molar-refractivity contribution in [2.24, 2.45) is 0 Å².